The number of carbonyl (C=O) groups excluding carboxylic acids is 1. The lowest BCUT2D eigenvalue weighted by atomic mass is 10.2. The highest BCUT2D eigenvalue weighted by Gasteiger charge is 2.27. The molecule has 1 aromatic heterocycles. The van der Waals surface area contributed by atoms with Gasteiger partial charge in [0.25, 0.3) is 5.91 Å². The molecule has 2 heterocycles. The lowest BCUT2D eigenvalue weighted by Crippen LogP contribution is -2.46. The Morgan fingerprint density at radius 3 is 2.89 bits per heavy atom. The number of carbonyl (C=O) groups is 2. The van der Waals surface area contributed by atoms with E-state index in [2.05, 4.69) is 10.2 Å². The van der Waals surface area contributed by atoms with Gasteiger partial charge in [0.05, 0.1) is 19.1 Å². The van der Waals surface area contributed by atoms with Crippen LogP contribution in [-0.2, 0) is 9.53 Å². The molecule has 0 aromatic carbocycles. The molecule has 0 aliphatic carbocycles. The number of aliphatic carboxylic acids is 1. The molecular weight excluding hydrogens is 274 g/mol. The number of rotatable bonds is 3. The fraction of sp³-hybridized carbons (Fsp3) is 0.455. The number of carboxylic acids is 1. The van der Waals surface area contributed by atoms with Crippen molar-refractivity contribution in [1.29, 1.82) is 0 Å². The van der Waals surface area contributed by atoms with Gasteiger partial charge in [0.1, 0.15) is 0 Å². The van der Waals surface area contributed by atoms with Crippen LogP contribution in [0.5, 0.6) is 0 Å². The number of aromatic nitrogens is 2. The topological polar surface area (TPSA) is 92.6 Å². The number of morpholine rings is 1. The number of halogens is 1. The normalized spacial score (nSPS) is 19.2. The molecule has 1 unspecified atom stereocenters. The highest BCUT2D eigenvalue weighted by atomic mass is 35.5. The summed E-state index contributed by atoms with van der Waals surface area (Å²) in [7, 11) is 0. The van der Waals surface area contributed by atoms with Crippen molar-refractivity contribution >= 4 is 23.5 Å². The molecule has 1 aromatic rings. The maximum atomic E-state index is 12.1. The largest absolute Gasteiger partial charge is 0.481 e. The molecule has 1 N–H and O–H groups in total. The summed E-state index contributed by atoms with van der Waals surface area (Å²) in [6.07, 6.45) is -0.619. The van der Waals surface area contributed by atoms with Crippen LogP contribution in [0.4, 0.5) is 0 Å². The summed E-state index contributed by atoms with van der Waals surface area (Å²) >= 11 is 5.60. The van der Waals surface area contributed by atoms with Crippen molar-refractivity contribution in [3.05, 3.63) is 23.0 Å². The summed E-state index contributed by atoms with van der Waals surface area (Å²) in [6, 6.07) is 2.97. The summed E-state index contributed by atoms with van der Waals surface area (Å²) in [5.74, 6) is -1.26. The van der Waals surface area contributed by atoms with Crippen molar-refractivity contribution in [3.63, 3.8) is 0 Å². The molecule has 7 nitrogen and oxygen atoms in total. The van der Waals surface area contributed by atoms with Crippen LogP contribution in [-0.4, -0.2) is 57.9 Å². The second kappa shape index (κ2) is 5.94. The van der Waals surface area contributed by atoms with Gasteiger partial charge in [-0.25, -0.2) is 0 Å². The van der Waals surface area contributed by atoms with Crippen molar-refractivity contribution in [1.82, 2.24) is 15.1 Å². The molecule has 0 bridgehead atoms. The van der Waals surface area contributed by atoms with Crippen molar-refractivity contribution in [2.75, 3.05) is 19.7 Å². The summed E-state index contributed by atoms with van der Waals surface area (Å²) in [4.78, 5) is 24.3. The van der Waals surface area contributed by atoms with Gasteiger partial charge in [-0.05, 0) is 12.1 Å². The van der Waals surface area contributed by atoms with E-state index in [0.29, 0.717) is 13.2 Å². The second-order valence-electron chi connectivity index (χ2n) is 4.08. The van der Waals surface area contributed by atoms with Gasteiger partial charge in [-0.3, -0.25) is 9.59 Å². The minimum atomic E-state index is -0.953. The predicted octanol–water partition coefficient (Wildman–Crippen LogP) is 0.446. The van der Waals surface area contributed by atoms with Gasteiger partial charge < -0.3 is 14.7 Å². The van der Waals surface area contributed by atoms with Gasteiger partial charge in [0.2, 0.25) is 0 Å². The summed E-state index contributed by atoms with van der Waals surface area (Å²) < 4.78 is 5.29. The van der Waals surface area contributed by atoms with Gasteiger partial charge in [0, 0.05) is 13.1 Å². The van der Waals surface area contributed by atoms with Gasteiger partial charge >= 0.3 is 5.97 Å². The lowest BCUT2D eigenvalue weighted by molar-refractivity contribution is -0.141. The van der Waals surface area contributed by atoms with Crippen LogP contribution in [0.1, 0.15) is 16.9 Å². The van der Waals surface area contributed by atoms with E-state index >= 15 is 0 Å². The van der Waals surface area contributed by atoms with E-state index in [0.717, 1.165) is 0 Å². The Morgan fingerprint density at radius 2 is 2.26 bits per heavy atom. The molecule has 1 amide bonds. The van der Waals surface area contributed by atoms with Gasteiger partial charge in [0.15, 0.2) is 10.8 Å². The molecule has 0 saturated carbocycles. The second-order valence-corrected chi connectivity index (χ2v) is 4.47. The predicted molar refractivity (Wildman–Crippen MR) is 64.9 cm³/mol. The van der Waals surface area contributed by atoms with E-state index in [1.54, 1.807) is 0 Å². The molecule has 1 atom stereocenters. The zero-order valence-electron chi connectivity index (χ0n) is 9.95. The maximum absolute atomic E-state index is 12.1. The van der Waals surface area contributed by atoms with Crippen molar-refractivity contribution in [3.8, 4) is 0 Å². The smallest absolute Gasteiger partial charge is 0.306 e. The van der Waals surface area contributed by atoms with E-state index in [1.807, 2.05) is 0 Å². The number of hydrogen-bond donors (Lipinski definition) is 1. The number of ether oxygens (including phenoxy) is 1. The SMILES string of the molecule is O=C(O)CC1CN(C(=O)c2ccc(Cl)nn2)CCO1. The van der Waals surface area contributed by atoms with Crippen molar-refractivity contribution < 1.29 is 19.4 Å². The Kier molecular flexibility index (Phi) is 4.28. The van der Waals surface area contributed by atoms with Crippen LogP contribution < -0.4 is 0 Å². The number of nitrogens with zero attached hydrogens (tertiary/aromatic N) is 3. The molecule has 19 heavy (non-hydrogen) atoms. The van der Waals surface area contributed by atoms with Crippen LogP contribution in [0.3, 0.4) is 0 Å². The Labute approximate surface area is 114 Å². The first kappa shape index (κ1) is 13.7. The molecule has 1 fully saturated rings. The molecule has 1 aliphatic heterocycles. The molecule has 0 spiro atoms. The average molecular weight is 286 g/mol. The van der Waals surface area contributed by atoms with Crippen molar-refractivity contribution in [2.45, 2.75) is 12.5 Å². The summed E-state index contributed by atoms with van der Waals surface area (Å²) in [5.41, 5.74) is 0.181. The molecule has 102 valence electrons. The molecule has 0 radical (unpaired) electrons. The zero-order chi connectivity index (χ0) is 13.8. The highest BCUT2D eigenvalue weighted by molar-refractivity contribution is 6.29. The average Bonchev–Trinajstić information content (AvgIpc) is 2.38. The van der Waals surface area contributed by atoms with E-state index in [4.69, 9.17) is 21.4 Å². The van der Waals surface area contributed by atoms with Crippen LogP contribution in [0.2, 0.25) is 5.15 Å². The Balaban J connectivity index is 2.02. The van der Waals surface area contributed by atoms with E-state index in [9.17, 15) is 9.59 Å². The van der Waals surface area contributed by atoms with Crippen LogP contribution >= 0.6 is 11.6 Å². The summed E-state index contributed by atoms with van der Waals surface area (Å²) in [6.45, 7) is 0.944. The van der Waals surface area contributed by atoms with Crippen LogP contribution in [0, 0.1) is 0 Å². The number of hydrogen-bond acceptors (Lipinski definition) is 5. The third-order valence-corrected chi connectivity index (χ3v) is 2.88. The van der Waals surface area contributed by atoms with E-state index in [1.165, 1.54) is 17.0 Å². The zero-order valence-corrected chi connectivity index (χ0v) is 10.7. The Morgan fingerprint density at radius 1 is 1.47 bits per heavy atom. The first-order valence-electron chi connectivity index (χ1n) is 5.68. The fourth-order valence-electron chi connectivity index (χ4n) is 1.81. The number of amides is 1. The quantitative estimate of drug-likeness (QED) is 0.866. The standard InChI is InChI=1S/C11H12ClN3O4/c12-9-2-1-8(13-14-9)11(18)15-3-4-19-7(6-15)5-10(16)17/h1-2,7H,3-6H2,(H,16,17). The van der Waals surface area contributed by atoms with E-state index < -0.39 is 12.1 Å². The first-order valence-corrected chi connectivity index (χ1v) is 6.06. The minimum absolute atomic E-state index is 0.129. The van der Waals surface area contributed by atoms with Crippen LogP contribution in [0.25, 0.3) is 0 Å². The van der Waals surface area contributed by atoms with E-state index in [-0.39, 0.29) is 29.7 Å². The Bertz CT molecular complexity index is 479. The molecule has 2 rings (SSSR count). The van der Waals surface area contributed by atoms with Crippen LogP contribution in [0.15, 0.2) is 12.1 Å². The third-order valence-electron chi connectivity index (χ3n) is 2.68. The van der Waals surface area contributed by atoms with Gasteiger partial charge in [-0.2, -0.15) is 0 Å². The van der Waals surface area contributed by atoms with Gasteiger partial charge in [-0.1, -0.05) is 11.6 Å². The lowest BCUT2D eigenvalue weighted by Gasteiger charge is -2.31. The fourth-order valence-corrected chi connectivity index (χ4v) is 1.91. The highest BCUT2D eigenvalue weighted by Crippen LogP contribution is 2.12. The molecular formula is C11H12ClN3O4. The maximum Gasteiger partial charge on any atom is 0.306 e. The first-order chi connectivity index (χ1) is 9.06. The molecule has 8 heteroatoms. The molecule has 1 saturated heterocycles. The minimum Gasteiger partial charge on any atom is -0.481 e. The monoisotopic (exact) mass is 285 g/mol. The Hall–Kier alpha value is -1.73. The van der Waals surface area contributed by atoms with Gasteiger partial charge in [-0.15, -0.1) is 10.2 Å². The molecule has 1 aliphatic rings. The van der Waals surface area contributed by atoms with Crippen molar-refractivity contribution in [2.24, 2.45) is 0 Å². The number of carboxylic acid groups (broad SMARTS) is 1. The third kappa shape index (κ3) is 3.62. The summed E-state index contributed by atoms with van der Waals surface area (Å²) in [5, 5.41) is 16.2.